The molecule has 0 aliphatic heterocycles. The number of anilines is 1. The Labute approximate surface area is 146 Å². The summed E-state index contributed by atoms with van der Waals surface area (Å²) < 4.78 is 10.4. The summed E-state index contributed by atoms with van der Waals surface area (Å²) in [6.07, 6.45) is 4.43. The third-order valence-electron chi connectivity index (χ3n) is 4.50. The highest BCUT2D eigenvalue weighted by Crippen LogP contribution is 2.21. The molecule has 1 aliphatic carbocycles. The lowest BCUT2D eigenvalue weighted by atomic mass is 10.2. The van der Waals surface area contributed by atoms with E-state index in [4.69, 9.17) is 5.73 Å². The molecule has 1 fully saturated rings. The van der Waals surface area contributed by atoms with Gasteiger partial charge in [-0.15, -0.1) is 0 Å². The molecule has 25 heavy (non-hydrogen) atoms. The fraction of sp³-hybridized carbons (Fsp3) is 0.400. The van der Waals surface area contributed by atoms with Crippen molar-refractivity contribution in [1.82, 2.24) is 22.9 Å². The van der Waals surface area contributed by atoms with E-state index in [9.17, 15) is 9.59 Å². The number of pyridine rings is 1. The van der Waals surface area contributed by atoms with Crippen LogP contribution < -0.4 is 22.3 Å². The van der Waals surface area contributed by atoms with E-state index >= 15 is 0 Å². The van der Waals surface area contributed by atoms with Gasteiger partial charge in [0.1, 0.15) is 5.82 Å². The fourth-order valence-electron chi connectivity index (χ4n) is 3.16. The highest BCUT2D eigenvalue weighted by atomic mass is 32.1. The van der Waals surface area contributed by atoms with Gasteiger partial charge in [-0.25, -0.2) is 14.3 Å². The molecular formula is C15H17N7O2S. The van der Waals surface area contributed by atoms with Crippen molar-refractivity contribution in [3.8, 4) is 5.69 Å². The van der Waals surface area contributed by atoms with Crippen molar-refractivity contribution < 1.29 is 0 Å². The SMILES string of the molecule is Cn1c(=O)n(-c2ccc(N[C@H]3CC[C@H](N)C3)nc2)c(=O)c2nsnc21. The van der Waals surface area contributed by atoms with Crippen molar-refractivity contribution in [1.29, 1.82) is 0 Å². The molecule has 3 aromatic heterocycles. The fourth-order valence-corrected chi connectivity index (χ4v) is 3.73. The Morgan fingerprint density at radius 2 is 2.12 bits per heavy atom. The van der Waals surface area contributed by atoms with Gasteiger partial charge in [0.2, 0.25) is 0 Å². The van der Waals surface area contributed by atoms with Crippen LogP contribution in [0, 0.1) is 0 Å². The van der Waals surface area contributed by atoms with E-state index in [-0.39, 0.29) is 11.6 Å². The molecule has 10 heteroatoms. The Bertz CT molecular complexity index is 1040. The van der Waals surface area contributed by atoms with Crippen LogP contribution in [0.1, 0.15) is 19.3 Å². The molecule has 0 spiro atoms. The lowest BCUT2D eigenvalue weighted by Crippen LogP contribution is -2.38. The van der Waals surface area contributed by atoms with Gasteiger partial charge in [0, 0.05) is 19.1 Å². The lowest BCUT2D eigenvalue weighted by Gasteiger charge is -2.13. The summed E-state index contributed by atoms with van der Waals surface area (Å²) in [6, 6.07) is 3.99. The molecule has 0 aromatic carbocycles. The molecule has 1 saturated carbocycles. The normalized spacial score (nSPS) is 20.2. The number of nitrogens with one attached hydrogen (secondary N) is 1. The van der Waals surface area contributed by atoms with Gasteiger partial charge < -0.3 is 11.1 Å². The van der Waals surface area contributed by atoms with Crippen LogP contribution >= 0.6 is 11.7 Å². The molecule has 0 radical (unpaired) electrons. The van der Waals surface area contributed by atoms with Gasteiger partial charge in [-0.3, -0.25) is 9.36 Å². The van der Waals surface area contributed by atoms with E-state index in [1.54, 1.807) is 19.2 Å². The summed E-state index contributed by atoms with van der Waals surface area (Å²) in [5.41, 5.74) is 5.81. The van der Waals surface area contributed by atoms with Crippen LogP contribution in [0.15, 0.2) is 27.9 Å². The van der Waals surface area contributed by atoms with Crippen LogP contribution in [0.2, 0.25) is 0 Å². The maximum Gasteiger partial charge on any atom is 0.337 e. The third kappa shape index (κ3) is 2.72. The first kappa shape index (κ1) is 15.9. The molecule has 2 atom stereocenters. The smallest absolute Gasteiger partial charge is 0.337 e. The number of fused-ring (bicyclic) bond motifs is 1. The van der Waals surface area contributed by atoms with Gasteiger partial charge in [0.15, 0.2) is 11.2 Å². The second-order valence-electron chi connectivity index (χ2n) is 6.23. The van der Waals surface area contributed by atoms with Crippen molar-refractivity contribution in [2.75, 3.05) is 5.32 Å². The summed E-state index contributed by atoms with van der Waals surface area (Å²) in [7, 11) is 1.56. The van der Waals surface area contributed by atoms with Gasteiger partial charge in [-0.2, -0.15) is 8.75 Å². The monoisotopic (exact) mass is 359 g/mol. The van der Waals surface area contributed by atoms with Crippen LogP contribution in [0.25, 0.3) is 16.9 Å². The first-order chi connectivity index (χ1) is 12.0. The molecule has 3 N–H and O–H groups in total. The standard InChI is InChI=1S/C15H17N7O2S/c1-21-13-12(19-25-20-13)14(23)22(15(21)24)10-4-5-11(17-7-10)18-9-3-2-8(16)6-9/h4-5,7-9H,2-3,6,16H2,1H3,(H,17,18)/t8-,9-/m0/s1. The minimum atomic E-state index is -0.490. The number of rotatable bonds is 3. The minimum Gasteiger partial charge on any atom is -0.367 e. The molecule has 1 aliphatic rings. The summed E-state index contributed by atoms with van der Waals surface area (Å²) in [5, 5.41) is 3.33. The van der Waals surface area contributed by atoms with E-state index in [1.165, 1.54) is 10.8 Å². The summed E-state index contributed by atoms with van der Waals surface area (Å²) in [5.74, 6) is 0.698. The first-order valence-corrected chi connectivity index (χ1v) is 8.70. The Balaban J connectivity index is 1.70. The number of aryl methyl sites for hydroxylation is 1. The Hall–Kier alpha value is -2.59. The average molecular weight is 359 g/mol. The van der Waals surface area contributed by atoms with Gasteiger partial charge in [0.05, 0.1) is 23.6 Å². The summed E-state index contributed by atoms with van der Waals surface area (Å²) >= 11 is 0.905. The quantitative estimate of drug-likeness (QED) is 0.686. The Kier molecular flexibility index (Phi) is 3.85. The van der Waals surface area contributed by atoms with Gasteiger partial charge in [-0.05, 0) is 31.4 Å². The Morgan fingerprint density at radius 3 is 2.80 bits per heavy atom. The molecule has 0 bridgehead atoms. The summed E-state index contributed by atoms with van der Waals surface area (Å²) in [4.78, 5) is 29.4. The molecule has 3 aromatic rings. The molecule has 3 heterocycles. The highest BCUT2D eigenvalue weighted by Gasteiger charge is 2.22. The first-order valence-electron chi connectivity index (χ1n) is 7.97. The number of hydrogen-bond donors (Lipinski definition) is 2. The minimum absolute atomic E-state index is 0.175. The molecule has 0 unspecified atom stereocenters. The number of aromatic nitrogens is 5. The van der Waals surface area contributed by atoms with Crippen LogP contribution in [-0.2, 0) is 7.05 Å². The zero-order valence-corrected chi connectivity index (χ0v) is 14.4. The largest absolute Gasteiger partial charge is 0.367 e. The van der Waals surface area contributed by atoms with E-state index < -0.39 is 11.2 Å². The molecule has 0 amide bonds. The summed E-state index contributed by atoms with van der Waals surface area (Å²) in [6.45, 7) is 0. The predicted molar refractivity (Wildman–Crippen MR) is 95.3 cm³/mol. The highest BCUT2D eigenvalue weighted by molar-refractivity contribution is 7.00. The van der Waals surface area contributed by atoms with Crippen molar-refractivity contribution in [2.24, 2.45) is 12.8 Å². The van der Waals surface area contributed by atoms with Gasteiger partial charge >= 0.3 is 5.69 Å². The predicted octanol–water partition coefficient (Wildman–Crippen LogP) is 0.228. The number of hydrogen-bond acceptors (Lipinski definition) is 8. The van der Waals surface area contributed by atoms with Crippen molar-refractivity contribution in [2.45, 2.75) is 31.3 Å². The van der Waals surface area contributed by atoms with Crippen LogP contribution in [-0.4, -0.2) is 34.9 Å². The molecule has 9 nitrogen and oxygen atoms in total. The van der Waals surface area contributed by atoms with E-state index in [0.717, 1.165) is 35.6 Å². The molecular weight excluding hydrogens is 342 g/mol. The molecule has 130 valence electrons. The molecule has 4 rings (SSSR count). The van der Waals surface area contributed by atoms with Crippen LogP contribution in [0.3, 0.4) is 0 Å². The van der Waals surface area contributed by atoms with Crippen molar-refractivity contribution in [3.63, 3.8) is 0 Å². The van der Waals surface area contributed by atoms with E-state index in [0.29, 0.717) is 23.2 Å². The van der Waals surface area contributed by atoms with Crippen LogP contribution in [0.4, 0.5) is 5.82 Å². The Morgan fingerprint density at radius 1 is 1.28 bits per heavy atom. The van der Waals surface area contributed by atoms with E-state index in [1.807, 2.05) is 0 Å². The van der Waals surface area contributed by atoms with Crippen LogP contribution in [0.5, 0.6) is 0 Å². The second-order valence-corrected chi connectivity index (χ2v) is 6.76. The van der Waals surface area contributed by atoms with E-state index in [2.05, 4.69) is 19.0 Å². The van der Waals surface area contributed by atoms with Gasteiger partial charge in [-0.1, -0.05) is 0 Å². The second kappa shape index (κ2) is 6.05. The van der Waals surface area contributed by atoms with Crippen molar-refractivity contribution in [3.05, 3.63) is 39.2 Å². The maximum absolute atomic E-state index is 12.6. The topological polar surface area (TPSA) is 121 Å². The number of nitrogens with zero attached hydrogens (tertiary/aromatic N) is 5. The zero-order valence-electron chi connectivity index (χ0n) is 13.5. The maximum atomic E-state index is 12.6. The average Bonchev–Trinajstić information content (AvgIpc) is 3.24. The third-order valence-corrected chi connectivity index (χ3v) is 5.02. The van der Waals surface area contributed by atoms with Gasteiger partial charge in [0.25, 0.3) is 5.56 Å². The zero-order chi connectivity index (χ0) is 17.6. The molecule has 0 saturated heterocycles. The van der Waals surface area contributed by atoms with Crippen molar-refractivity contribution >= 4 is 28.7 Å². The lowest BCUT2D eigenvalue weighted by molar-refractivity contribution is 0.686. The number of nitrogens with two attached hydrogens (primary N) is 1.